The Balaban J connectivity index is 1.34. The topological polar surface area (TPSA) is 53.1 Å². The number of hydrogen-bond donors (Lipinski definition) is 0. The molecule has 34 heavy (non-hydrogen) atoms. The zero-order valence-electron chi connectivity index (χ0n) is 20.4. The lowest BCUT2D eigenvalue weighted by Crippen LogP contribution is -2.56. The van der Waals surface area contributed by atoms with Crippen LogP contribution in [0.5, 0.6) is 0 Å². The van der Waals surface area contributed by atoms with Crippen LogP contribution in [0.3, 0.4) is 0 Å². The zero-order chi connectivity index (χ0) is 23.9. The molecule has 182 valence electrons. The third kappa shape index (κ3) is 5.68. The average molecular weight is 464 g/mol. The number of piperazine rings is 1. The van der Waals surface area contributed by atoms with Crippen molar-refractivity contribution < 1.29 is 14.3 Å². The molecule has 2 aromatic rings. The number of carbonyl (C=O) groups excluding carboxylic acids is 2. The smallest absolute Gasteiger partial charge is 0.309 e. The highest BCUT2D eigenvalue weighted by atomic mass is 16.5. The van der Waals surface area contributed by atoms with E-state index in [1.807, 2.05) is 18.7 Å². The van der Waals surface area contributed by atoms with Crippen LogP contribution in [0.2, 0.25) is 0 Å². The maximum Gasteiger partial charge on any atom is 0.309 e. The Kier molecular flexibility index (Phi) is 8.35. The fourth-order valence-corrected chi connectivity index (χ4v) is 5.28. The SMILES string of the molecule is CCOC(=O)C1CCN(C(=O)C(C)N2CCN(C(c3ccccc3)c3ccccc3)CC2)CC1. The summed E-state index contributed by atoms with van der Waals surface area (Å²) < 4.78 is 5.16. The molecule has 1 amide bonds. The molecule has 2 fully saturated rings. The van der Waals surface area contributed by atoms with E-state index in [-0.39, 0.29) is 29.9 Å². The predicted molar refractivity (Wildman–Crippen MR) is 133 cm³/mol. The third-order valence-electron chi connectivity index (χ3n) is 7.28. The number of nitrogens with zero attached hydrogens (tertiary/aromatic N) is 3. The molecular weight excluding hydrogens is 426 g/mol. The van der Waals surface area contributed by atoms with Crippen molar-refractivity contribution in [2.24, 2.45) is 5.92 Å². The summed E-state index contributed by atoms with van der Waals surface area (Å²) in [6, 6.07) is 21.4. The lowest BCUT2D eigenvalue weighted by Gasteiger charge is -2.42. The van der Waals surface area contributed by atoms with Gasteiger partial charge >= 0.3 is 5.97 Å². The van der Waals surface area contributed by atoms with E-state index >= 15 is 0 Å². The van der Waals surface area contributed by atoms with E-state index in [0.29, 0.717) is 32.5 Å². The summed E-state index contributed by atoms with van der Waals surface area (Å²) in [6.07, 6.45) is 1.39. The Hall–Kier alpha value is -2.70. The first-order chi connectivity index (χ1) is 16.6. The summed E-state index contributed by atoms with van der Waals surface area (Å²) in [5.74, 6) is -0.0145. The van der Waals surface area contributed by atoms with Gasteiger partial charge in [-0.15, -0.1) is 0 Å². The van der Waals surface area contributed by atoms with Crippen molar-refractivity contribution in [1.82, 2.24) is 14.7 Å². The highest BCUT2D eigenvalue weighted by molar-refractivity contribution is 5.82. The minimum Gasteiger partial charge on any atom is -0.466 e. The van der Waals surface area contributed by atoms with E-state index in [1.165, 1.54) is 11.1 Å². The van der Waals surface area contributed by atoms with E-state index in [1.54, 1.807) is 0 Å². The summed E-state index contributed by atoms with van der Waals surface area (Å²) >= 11 is 0. The fourth-order valence-electron chi connectivity index (χ4n) is 5.28. The molecule has 0 saturated carbocycles. The fraction of sp³-hybridized carbons (Fsp3) is 0.500. The molecule has 4 rings (SSSR count). The Bertz CT molecular complexity index is 881. The molecule has 6 heteroatoms. The normalized spacial score (nSPS) is 19.2. The van der Waals surface area contributed by atoms with Crippen LogP contribution in [0.1, 0.15) is 43.9 Å². The number of carbonyl (C=O) groups is 2. The number of likely N-dealkylation sites (tertiary alicyclic amines) is 1. The minimum atomic E-state index is -0.145. The van der Waals surface area contributed by atoms with Gasteiger partial charge < -0.3 is 9.64 Å². The van der Waals surface area contributed by atoms with Gasteiger partial charge in [0.2, 0.25) is 5.91 Å². The first-order valence-corrected chi connectivity index (χ1v) is 12.6. The number of piperidine rings is 1. The van der Waals surface area contributed by atoms with Crippen LogP contribution in [0, 0.1) is 5.92 Å². The largest absolute Gasteiger partial charge is 0.466 e. The van der Waals surface area contributed by atoms with Gasteiger partial charge in [0.1, 0.15) is 0 Å². The van der Waals surface area contributed by atoms with Crippen molar-refractivity contribution in [1.29, 1.82) is 0 Å². The molecule has 1 unspecified atom stereocenters. The molecule has 0 aliphatic carbocycles. The van der Waals surface area contributed by atoms with Crippen LogP contribution >= 0.6 is 0 Å². The van der Waals surface area contributed by atoms with Crippen molar-refractivity contribution in [3.8, 4) is 0 Å². The first kappa shape index (κ1) is 24.4. The van der Waals surface area contributed by atoms with E-state index in [4.69, 9.17) is 4.74 Å². The second-order valence-corrected chi connectivity index (χ2v) is 9.32. The van der Waals surface area contributed by atoms with Crippen LogP contribution < -0.4 is 0 Å². The molecular formula is C28H37N3O3. The number of amides is 1. The maximum absolute atomic E-state index is 13.2. The average Bonchev–Trinajstić information content (AvgIpc) is 2.90. The van der Waals surface area contributed by atoms with Gasteiger partial charge in [0.05, 0.1) is 24.6 Å². The number of ether oxygens (including phenoxy) is 1. The molecule has 2 aliphatic heterocycles. The predicted octanol–water partition coefficient (Wildman–Crippen LogP) is 3.58. The van der Waals surface area contributed by atoms with Gasteiger partial charge in [-0.25, -0.2) is 0 Å². The molecule has 2 aliphatic rings. The molecule has 6 nitrogen and oxygen atoms in total. The monoisotopic (exact) mass is 463 g/mol. The van der Waals surface area contributed by atoms with Crippen LogP contribution in [0.25, 0.3) is 0 Å². The Morgan fingerprint density at radius 2 is 1.32 bits per heavy atom. The van der Waals surface area contributed by atoms with Gasteiger partial charge in [-0.2, -0.15) is 0 Å². The van der Waals surface area contributed by atoms with Crippen molar-refractivity contribution in [3.05, 3.63) is 71.8 Å². The van der Waals surface area contributed by atoms with E-state index in [0.717, 1.165) is 26.2 Å². The van der Waals surface area contributed by atoms with Crippen molar-refractivity contribution in [2.75, 3.05) is 45.9 Å². The number of esters is 1. The second kappa shape index (κ2) is 11.6. The zero-order valence-corrected chi connectivity index (χ0v) is 20.4. The molecule has 2 aromatic carbocycles. The maximum atomic E-state index is 13.2. The van der Waals surface area contributed by atoms with Crippen LogP contribution in [-0.2, 0) is 14.3 Å². The lowest BCUT2D eigenvalue weighted by molar-refractivity contribution is -0.152. The standard InChI is InChI=1S/C28H37N3O3/c1-3-34-28(33)25-14-16-31(17-15-25)27(32)22(2)29-18-20-30(21-19-29)26(23-10-6-4-7-11-23)24-12-8-5-9-13-24/h4-13,22,25-26H,3,14-21H2,1-2H3. The highest BCUT2D eigenvalue weighted by Gasteiger charge is 2.34. The van der Waals surface area contributed by atoms with E-state index in [9.17, 15) is 9.59 Å². The summed E-state index contributed by atoms with van der Waals surface area (Å²) in [7, 11) is 0. The van der Waals surface area contributed by atoms with Gasteiger partial charge in [0, 0.05) is 39.3 Å². The summed E-state index contributed by atoms with van der Waals surface area (Å²) in [5, 5.41) is 0. The minimum absolute atomic E-state index is 0.0734. The number of benzene rings is 2. The van der Waals surface area contributed by atoms with Gasteiger partial charge in [0.15, 0.2) is 0 Å². The molecule has 0 aromatic heterocycles. The molecule has 0 spiro atoms. The lowest BCUT2D eigenvalue weighted by atomic mass is 9.96. The summed E-state index contributed by atoms with van der Waals surface area (Å²) in [5.41, 5.74) is 2.60. The van der Waals surface area contributed by atoms with Crippen molar-refractivity contribution in [2.45, 2.75) is 38.8 Å². The quantitative estimate of drug-likeness (QED) is 0.588. The molecule has 0 N–H and O–H groups in total. The van der Waals surface area contributed by atoms with E-state index in [2.05, 4.69) is 70.5 Å². The van der Waals surface area contributed by atoms with Gasteiger partial charge in [-0.05, 0) is 37.8 Å². The first-order valence-electron chi connectivity index (χ1n) is 12.6. The van der Waals surface area contributed by atoms with E-state index < -0.39 is 0 Å². The van der Waals surface area contributed by atoms with Crippen molar-refractivity contribution in [3.63, 3.8) is 0 Å². The molecule has 1 atom stereocenters. The van der Waals surface area contributed by atoms with Crippen LogP contribution in [-0.4, -0.2) is 78.5 Å². The Labute approximate surface area is 203 Å². The second-order valence-electron chi connectivity index (χ2n) is 9.32. The molecule has 2 saturated heterocycles. The summed E-state index contributed by atoms with van der Waals surface area (Å²) in [4.78, 5) is 32.0. The number of rotatable bonds is 7. The molecule has 0 radical (unpaired) electrons. The Morgan fingerprint density at radius 3 is 1.82 bits per heavy atom. The summed E-state index contributed by atoms with van der Waals surface area (Å²) in [6.45, 7) is 9.10. The number of hydrogen-bond acceptors (Lipinski definition) is 5. The molecule has 2 heterocycles. The van der Waals surface area contributed by atoms with Crippen LogP contribution in [0.4, 0.5) is 0 Å². The van der Waals surface area contributed by atoms with Crippen LogP contribution in [0.15, 0.2) is 60.7 Å². The van der Waals surface area contributed by atoms with Crippen molar-refractivity contribution >= 4 is 11.9 Å². The Morgan fingerprint density at radius 1 is 0.824 bits per heavy atom. The van der Waals surface area contributed by atoms with Gasteiger partial charge in [-0.3, -0.25) is 19.4 Å². The molecule has 0 bridgehead atoms. The highest BCUT2D eigenvalue weighted by Crippen LogP contribution is 2.30. The third-order valence-corrected chi connectivity index (χ3v) is 7.28. The van der Waals surface area contributed by atoms with Gasteiger partial charge in [-0.1, -0.05) is 60.7 Å². The van der Waals surface area contributed by atoms with Gasteiger partial charge in [0.25, 0.3) is 0 Å².